The van der Waals surface area contributed by atoms with Crippen LogP contribution in [0, 0.1) is 0 Å². The lowest BCUT2D eigenvalue weighted by Crippen LogP contribution is -1.97. The number of para-hydroxylation sites is 4. The maximum absolute atomic E-state index is 6.46. The van der Waals surface area contributed by atoms with Gasteiger partial charge in [0.05, 0.1) is 22.1 Å². The van der Waals surface area contributed by atoms with Crippen molar-refractivity contribution >= 4 is 97.9 Å². The SMILES string of the molecule is c1ccc(-n2c3ccccc3c3ccc(-n4c5ccccc5c5cc6c7ccccc7c7cc8c(cc7c6cc54)oc4ccccc48)cc32)cc1. The molecule has 12 rings (SSSR count). The molecule has 51 heavy (non-hydrogen) atoms. The Kier molecular flexibility index (Phi) is 5.23. The molecule has 3 nitrogen and oxygen atoms in total. The van der Waals surface area contributed by atoms with E-state index in [9.17, 15) is 0 Å². The smallest absolute Gasteiger partial charge is 0.136 e. The van der Waals surface area contributed by atoms with Crippen LogP contribution in [0.5, 0.6) is 0 Å². The molecule has 0 aliphatic heterocycles. The van der Waals surface area contributed by atoms with E-state index >= 15 is 0 Å². The largest absolute Gasteiger partial charge is 0.456 e. The van der Waals surface area contributed by atoms with Crippen LogP contribution in [0.4, 0.5) is 0 Å². The first-order chi connectivity index (χ1) is 25.3. The van der Waals surface area contributed by atoms with E-state index in [1.807, 2.05) is 6.07 Å². The highest BCUT2D eigenvalue weighted by molar-refractivity contribution is 6.31. The third-order valence-corrected chi connectivity index (χ3v) is 11.1. The maximum Gasteiger partial charge on any atom is 0.136 e. The predicted octanol–water partition coefficient (Wildman–Crippen LogP) is 13.2. The number of hydrogen-bond donors (Lipinski definition) is 0. The van der Waals surface area contributed by atoms with Gasteiger partial charge in [0.25, 0.3) is 0 Å². The van der Waals surface area contributed by atoms with Crippen LogP contribution in [0.25, 0.3) is 109 Å². The molecule has 0 unspecified atom stereocenters. The second-order valence-corrected chi connectivity index (χ2v) is 13.7. The molecule has 12 aromatic rings. The van der Waals surface area contributed by atoms with Gasteiger partial charge in [-0.3, -0.25) is 0 Å². The van der Waals surface area contributed by atoms with Gasteiger partial charge in [-0.25, -0.2) is 0 Å². The predicted molar refractivity (Wildman–Crippen MR) is 215 cm³/mol. The Hall–Kier alpha value is -6.84. The number of benzene rings is 9. The molecule has 0 saturated carbocycles. The molecule has 3 heteroatoms. The average Bonchev–Trinajstić information content (AvgIpc) is 3.84. The maximum atomic E-state index is 6.46. The summed E-state index contributed by atoms with van der Waals surface area (Å²) in [4.78, 5) is 0. The third-order valence-electron chi connectivity index (χ3n) is 11.1. The third kappa shape index (κ3) is 3.62. The lowest BCUT2D eigenvalue weighted by Gasteiger charge is -2.13. The minimum Gasteiger partial charge on any atom is -0.456 e. The standard InChI is InChI=1S/C48H28N2O/c1-2-12-29(13-3-1)49-43-19-9-6-16-33(43)35-23-22-30(24-45(35)49)50-44-20-10-7-17-34(44)41-25-37-31-14-4-5-15-32(31)38-26-42-36-18-8-11-21-47(36)51-48(42)28-40(38)39(37)27-46(41)50/h1-28H. The molecule has 0 N–H and O–H groups in total. The first-order valence-corrected chi connectivity index (χ1v) is 17.5. The van der Waals surface area contributed by atoms with Crippen LogP contribution in [0.3, 0.4) is 0 Å². The molecule has 0 saturated heterocycles. The highest BCUT2D eigenvalue weighted by Crippen LogP contribution is 2.44. The number of hydrogen-bond acceptors (Lipinski definition) is 1. The molecule has 0 bridgehead atoms. The van der Waals surface area contributed by atoms with Gasteiger partial charge in [-0.1, -0.05) is 103 Å². The van der Waals surface area contributed by atoms with Gasteiger partial charge in [0, 0.05) is 43.7 Å². The molecule has 3 heterocycles. The lowest BCUT2D eigenvalue weighted by atomic mass is 9.92. The molecule has 0 aliphatic carbocycles. The van der Waals surface area contributed by atoms with Gasteiger partial charge in [-0.15, -0.1) is 0 Å². The molecule has 0 aliphatic rings. The van der Waals surface area contributed by atoms with Crippen LogP contribution in [0.1, 0.15) is 0 Å². The van der Waals surface area contributed by atoms with Gasteiger partial charge in [0.1, 0.15) is 11.2 Å². The van der Waals surface area contributed by atoms with Crippen LogP contribution in [0.2, 0.25) is 0 Å². The summed E-state index contributed by atoms with van der Waals surface area (Å²) in [6.07, 6.45) is 0. The summed E-state index contributed by atoms with van der Waals surface area (Å²) >= 11 is 0. The summed E-state index contributed by atoms with van der Waals surface area (Å²) in [7, 11) is 0. The van der Waals surface area contributed by atoms with Crippen molar-refractivity contribution in [2.45, 2.75) is 0 Å². The summed E-state index contributed by atoms with van der Waals surface area (Å²) in [5, 5.41) is 14.7. The number of fused-ring (bicyclic) bond motifs is 15. The van der Waals surface area contributed by atoms with Gasteiger partial charge in [-0.05, 0) is 99.0 Å². The van der Waals surface area contributed by atoms with Crippen molar-refractivity contribution in [1.82, 2.24) is 9.13 Å². The summed E-state index contributed by atoms with van der Waals surface area (Å²) in [5.41, 5.74) is 8.91. The van der Waals surface area contributed by atoms with Crippen LogP contribution in [-0.2, 0) is 0 Å². The van der Waals surface area contributed by atoms with Gasteiger partial charge >= 0.3 is 0 Å². The second-order valence-electron chi connectivity index (χ2n) is 13.7. The van der Waals surface area contributed by atoms with E-state index in [0.29, 0.717) is 0 Å². The van der Waals surface area contributed by atoms with Crippen molar-refractivity contribution in [3.05, 3.63) is 170 Å². The average molecular weight is 649 g/mol. The van der Waals surface area contributed by atoms with E-state index in [4.69, 9.17) is 4.42 Å². The molecule has 9 aromatic carbocycles. The Labute approximate surface area is 291 Å². The Morgan fingerprint density at radius 1 is 0.255 bits per heavy atom. The minimum atomic E-state index is 0.917. The van der Waals surface area contributed by atoms with E-state index in [1.54, 1.807) is 0 Å². The van der Waals surface area contributed by atoms with E-state index in [2.05, 4.69) is 173 Å². The summed E-state index contributed by atoms with van der Waals surface area (Å²) in [6.45, 7) is 0. The minimum absolute atomic E-state index is 0.917. The van der Waals surface area contributed by atoms with Gasteiger partial charge < -0.3 is 13.6 Å². The topological polar surface area (TPSA) is 23.0 Å². The van der Waals surface area contributed by atoms with Crippen molar-refractivity contribution in [3.63, 3.8) is 0 Å². The van der Waals surface area contributed by atoms with Gasteiger partial charge in [-0.2, -0.15) is 0 Å². The molecular weight excluding hydrogens is 621 g/mol. The molecule has 0 atom stereocenters. The highest BCUT2D eigenvalue weighted by atomic mass is 16.3. The monoisotopic (exact) mass is 648 g/mol. The fourth-order valence-electron chi connectivity index (χ4n) is 8.86. The molecule has 0 fully saturated rings. The van der Waals surface area contributed by atoms with Crippen molar-refractivity contribution in [3.8, 4) is 11.4 Å². The van der Waals surface area contributed by atoms with Crippen molar-refractivity contribution < 1.29 is 4.42 Å². The van der Waals surface area contributed by atoms with E-state index in [-0.39, 0.29) is 0 Å². The van der Waals surface area contributed by atoms with Gasteiger partial charge in [0.2, 0.25) is 0 Å². The van der Waals surface area contributed by atoms with Crippen LogP contribution >= 0.6 is 0 Å². The molecule has 0 spiro atoms. The molecule has 0 radical (unpaired) electrons. The highest BCUT2D eigenvalue weighted by Gasteiger charge is 2.19. The Bertz CT molecular complexity index is 3410. The van der Waals surface area contributed by atoms with Crippen molar-refractivity contribution in [2.75, 3.05) is 0 Å². The Morgan fingerprint density at radius 2 is 0.765 bits per heavy atom. The first kappa shape index (κ1) is 27.0. The zero-order valence-electron chi connectivity index (χ0n) is 27.5. The normalized spacial score (nSPS) is 12.3. The summed E-state index contributed by atoms with van der Waals surface area (Å²) in [6, 6.07) is 61.9. The number of rotatable bonds is 2. The number of furan rings is 1. The quantitative estimate of drug-likeness (QED) is 0.171. The first-order valence-electron chi connectivity index (χ1n) is 17.5. The van der Waals surface area contributed by atoms with E-state index in [1.165, 1.54) is 75.9 Å². The van der Waals surface area contributed by atoms with E-state index in [0.717, 1.165) is 33.3 Å². The van der Waals surface area contributed by atoms with Crippen LogP contribution in [-0.4, -0.2) is 9.13 Å². The summed E-state index contributed by atoms with van der Waals surface area (Å²) < 4.78 is 11.3. The number of nitrogens with zero attached hydrogens (tertiary/aromatic N) is 2. The number of aromatic nitrogens is 2. The van der Waals surface area contributed by atoms with Crippen molar-refractivity contribution in [1.29, 1.82) is 0 Å². The zero-order valence-corrected chi connectivity index (χ0v) is 27.5. The molecule has 0 amide bonds. The Balaban J connectivity index is 1.23. The molecule has 236 valence electrons. The van der Waals surface area contributed by atoms with Crippen LogP contribution < -0.4 is 0 Å². The Morgan fingerprint density at radius 3 is 1.51 bits per heavy atom. The molecular formula is C48H28N2O. The summed E-state index contributed by atoms with van der Waals surface area (Å²) in [5.74, 6) is 0. The van der Waals surface area contributed by atoms with E-state index < -0.39 is 0 Å². The van der Waals surface area contributed by atoms with Crippen molar-refractivity contribution in [2.24, 2.45) is 0 Å². The second kappa shape index (κ2) is 9.87. The zero-order chi connectivity index (χ0) is 33.2. The molecule has 3 aromatic heterocycles. The van der Waals surface area contributed by atoms with Gasteiger partial charge in [0.15, 0.2) is 0 Å². The van der Waals surface area contributed by atoms with Crippen LogP contribution in [0.15, 0.2) is 174 Å². The fraction of sp³-hybridized carbons (Fsp3) is 0. The lowest BCUT2D eigenvalue weighted by molar-refractivity contribution is 0.669. The fourth-order valence-corrected chi connectivity index (χ4v) is 8.86.